The molecule has 0 aromatic rings. The first-order chi connectivity index (χ1) is 6.34. The Hall–Kier alpha value is -0.990. The summed E-state index contributed by atoms with van der Waals surface area (Å²) in [6.45, 7) is 7.00. The number of Topliss-reactive ketones (excluding diaryl/α,β-unsaturated/α-hetero) is 3. The van der Waals surface area contributed by atoms with E-state index in [1.54, 1.807) is 27.7 Å². The molecule has 0 heterocycles. The predicted molar refractivity (Wildman–Crippen MR) is 53.9 cm³/mol. The molecule has 14 heavy (non-hydrogen) atoms. The molecular weight excluding hydrogens is 180 g/mol. The molecule has 0 bridgehead atoms. The Bertz CT molecular complexity index is 215. The van der Waals surface area contributed by atoms with Crippen LogP contribution in [0.15, 0.2) is 0 Å². The van der Waals surface area contributed by atoms with Crippen LogP contribution >= 0.6 is 0 Å². The third-order valence-electron chi connectivity index (χ3n) is 2.03. The van der Waals surface area contributed by atoms with Gasteiger partial charge in [-0.2, -0.15) is 0 Å². The van der Waals surface area contributed by atoms with E-state index in [1.807, 2.05) is 0 Å². The lowest BCUT2D eigenvalue weighted by Crippen LogP contribution is -2.18. The summed E-state index contributed by atoms with van der Waals surface area (Å²) in [4.78, 5) is 33.6. The molecule has 0 aromatic heterocycles. The molecule has 0 saturated carbocycles. The fourth-order valence-corrected chi connectivity index (χ4v) is 0.859. The summed E-state index contributed by atoms with van der Waals surface area (Å²) < 4.78 is 0. The van der Waals surface area contributed by atoms with E-state index in [1.165, 1.54) is 0 Å². The SMILES string of the molecule is CC(C)C(=O)CC(=O)CC(=O)C(C)C. The molecule has 3 nitrogen and oxygen atoms in total. The van der Waals surface area contributed by atoms with Crippen molar-refractivity contribution in [1.82, 2.24) is 0 Å². The summed E-state index contributed by atoms with van der Waals surface area (Å²) in [7, 11) is 0. The molecule has 80 valence electrons. The van der Waals surface area contributed by atoms with Crippen molar-refractivity contribution in [3.05, 3.63) is 0 Å². The standard InChI is InChI=1S/C11H18O3/c1-7(2)10(13)5-9(12)6-11(14)8(3)4/h7-8H,5-6H2,1-4H3. The second kappa shape index (κ2) is 5.68. The quantitative estimate of drug-likeness (QED) is 0.611. The zero-order valence-electron chi connectivity index (χ0n) is 9.29. The van der Waals surface area contributed by atoms with Gasteiger partial charge in [-0.25, -0.2) is 0 Å². The second-order valence-electron chi connectivity index (χ2n) is 4.13. The van der Waals surface area contributed by atoms with E-state index < -0.39 is 0 Å². The third-order valence-corrected chi connectivity index (χ3v) is 2.03. The van der Waals surface area contributed by atoms with Gasteiger partial charge >= 0.3 is 0 Å². The number of ketones is 3. The molecule has 0 aliphatic rings. The Balaban J connectivity index is 4.00. The van der Waals surface area contributed by atoms with Crippen molar-refractivity contribution < 1.29 is 14.4 Å². The minimum Gasteiger partial charge on any atom is -0.299 e. The lowest BCUT2D eigenvalue weighted by molar-refractivity contribution is -0.131. The smallest absolute Gasteiger partial charge is 0.147 e. The summed E-state index contributed by atoms with van der Waals surface area (Å²) in [6, 6.07) is 0. The Labute approximate surface area is 84.9 Å². The van der Waals surface area contributed by atoms with Gasteiger partial charge in [-0.3, -0.25) is 14.4 Å². The molecular formula is C11H18O3. The molecule has 0 amide bonds. The van der Waals surface area contributed by atoms with E-state index in [9.17, 15) is 14.4 Å². The van der Waals surface area contributed by atoms with Crippen molar-refractivity contribution >= 4 is 17.3 Å². The zero-order chi connectivity index (χ0) is 11.3. The molecule has 0 rings (SSSR count). The molecule has 0 spiro atoms. The van der Waals surface area contributed by atoms with E-state index in [4.69, 9.17) is 0 Å². The second-order valence-corrected chi connectivity index (χ2v) is 4.13. The van der Waals surface area contributed by atoms with E-state index >= 15 is 0 Å². The Kier molecular flexibility index (Phi) is 5.28. The van der Waals surface area contributed by atoms with Gasteiger partial charge in [0, 0.05) is 11.8 Å². The third kappa shape index (κ3) is 4.90. The van der Waals surface area contributed by atoms with Gasteiger partial charge in [0.1, 0.15) is 17.3 Å². The predicted octanol–water partition coefficient (Wildman–Crippen LogP) is 1.79. The largest absolute Gasteiger partial charge is 0.299 e. The van der Waals surface area contributed by atoms with E-state index in [0.29, 0.717) is 0 Å². The first-order valence-electron chi connectivity index (χ1n) is 4.91. The van der Waals surface area contributed by atoms with Crippen molar-refractivity contribution in [2.45, 2.75) is 40.5 Å². The van der Waals surface area contributed by atoms with Crippen molar-refractivity contribution in [3.8, 4) is 0 Å². The van der Waals surface area contributed by atoms with Gasteiger partial charge in [0.25, 0.3) is 0 Å². The van der Waals surface area contributed by atoms with Crippen molar-refractivity contribution in [1.29, 1.82) is 0 Å². The van der Waals surface area contributed by atoms with Crippen LogP contribution in [-0.4, -0.2) is 17.3 Å². The van der Waals surface area contributed by atoms with Crippen LogP contribution in [-0.2, 0) is 14.4 Å². The normalized spacial score (nSPS) is 10.7. The van der Waals surface area contributed by atoms with Crippen molar-refractivity contribution in [2.24, 2.45) is 11.8 Å². The summed E-state index contributed by atoms with van der Waals surface area (Å²) >= 11 is 0. The molecule has 0 aliphatic heterocycles. The molecule has 0 aromatic carbocycles. The van der Waals surface area contributed by atoms with Crippen LogP contribution < -0.4 is 0 Å². The molecule has 0 aliphatic carbocycles. The van der Waals surface area contributed by atoms with Gasteiger partial charge in [0.2, 0.25) is 0 Å². The number of carbonyl (C=O) groups is 3. The van der Waals surface area contributed by atoms with Crippen LogP contribution in [0.5, 0.6) is 0 Å². The highest BCUT2D eigenvalue weighted by atomic mass is 16.2. The van der Waals surface area contributed by atoms with Crippen LogP contribution in [0.1, 0.15) is 40.5 Å². The van der Waals surface area contributed by atoms with Crippen molar-refractivity contribution in [3.63, 3.8) is 0 Å². The molecule has 0 N–H and O–H groups in total. The maximum Gasteiger partial charge on any atom is 0.147 e. The van der Waals surface area contributed by atoms with Crippen LogP contribution in [0, 0.1) is 11.8 Å². The highest BCUT2D eigenvalue weighted by Crippen LogP contribution is 2.05. The van der Waals surface area contributed by atoms with Gasteiger partial charge in [-0.1, -0.05) is 27.7 Å². The van der Waals surface area contributed by atoms with Crippen molar-refractivity contribution in [2.75, 3.05) is 0 Å². The molecule has 3 heteroatoms. The first-order valence-corrected chi connectivity index (χ1v) is 4.91. The zero-order valence-corrected chi connectivity index (χ0v) is 9.29. The average molecular weight is 198 g/mol. The molecule has 0 saturated heterocycles. The topological polar surface area (TPSA) is 51.2 Å². The first kappa shape index (κ1) is 13.0. The minimum atomic E-state index is -0.262. The summed E-state index contributed by atoms with van der Waals surface area (Å²) in [5.74, 6) is -0.707. The fourth-order valence-electron chi connectivity index (χ4n) is 0.859. The number of carbonyl (C=O) groups excluding carboxylic acids is 3. The lowest BCUT2D eigenvalue weighted by Gasteiger charge is -2.04. The highest BCUT2D eigenvalue weighted by molar-refractivity contribution is 6.07. The minimum absolute atomic E-state index is 0.0912. The monoisotopic (exact) mass is 198 g/mol. The van der Waals surface area contributed by atoms with Gasteiger partial charge in [-0.15, -0.1) is 0 Å². The maximum atomic E-state index is 11.2. The summed E-state index contributed by atoms with van der Waals surface area (Å²) in [6.07, 6.45) is -0.202. The molecule has 0 radical (unpaired) electrons. The van der Waals surface area contributed by atoms with Crippen LogP contribution in [0.25, 0.3) is 0 Å². The van der Waals surface area contributed by atoms with Crippen LogP contribution in [0.4, 0.5) is 0 Å². The fraction of sp³-hybridized carbons (Fsp3) is 0.727. The highest BCUT2D eigenvalue weighted by Gasteiger charge is 2.17. The summed E-state index contributed by atoms with van der Waals surface area (Å²) in [5.41, 5.74) is 0. The number of hydrogen-bond acceptors (Lipinski definition) is 3. The Morgan fingerprint density at radius 3 is 1.29 bits per heavy atom. The van der Waals surface area contributed by atoms with Gasteiger partial charge in [0.05, 0.1) is 12.8 Å². The Morgan fingerprint density at radius 1 is 0.786 bits per heavy atom. The summed E-state index contributed by atoms with van der Waals surface area (Å²) in [5, 5.41) is 0. The Morgan fingerprint density at radius 2 is 1.07 bits per heavy atom. The lowest BCUT2D eigenvalue weighted by atomic mass is 9.98. The molecule has 0 atom stereocenters. The van der Waals surface area contributed by atoms with E-state index in [-0.39, 0.29) is 42.0 Å². The van der Waals surface area contributed by atoms with E-state index in [0.717, 1.165) is 0 Å². The van der Waals surface area contributed by atoms with E-state index in [2.05, 4.69) is 0 Å². The number of hydrogen-bond donors (Lipinski definition) is 0. The molecule has 0 unspecified atom stereocenters. The van der Waals surface area contributed by atoms with Gasteiger partial charge in [0.15, 0.2) is 0 Å². The van der Waals surface area contributed by atoms with Gasteiger partial charge < -0.3 is 0 Å². The number of rotatable bonds is 6. The van der Waals surface area contributed by atoms with Crippen LogP contribution in [0.3, 0.4) is 0 Å². The van der Waals surface area contributed by atoms with Crippen LogP contribution in [0.2, 0.25) is 0 Å². The van der Waals surface area contributed by atoms with Gasteiger partial charge in [-0.05, 0) is 0 Å². The molecule has 0 fully saturated rings. The average Bonchev–Trinajstić information content (AvgIpc) is 2.03. The maximum absolute atomic E-state index is 11.2.